The third-order valence-corrected chi connectivity index (χ3v) is 2.70. The monoisotopic (exact) mass is 215 g/mol. The lowest BCUT2D eigenvalue weighted by Gasteiger charge is -2.40. The molecule has 82 valence electrons. The van der Waals surface area contributed by atoms with Crippen molar-refractivity contribution in [3.63, 3.8) is 0 Å². The Balaban J connectivity index is 2.25. The molecule has 2 rings (SSSR count). The Hall–Kier alpha value is -1.90. The van der Waals surface area contributed by atoms with E-state index in [1.807, 2.05) is 37.3 Å². The van der Waals surface area contributed by atoms with E-state index in [-0.39, 0.29) is 17.7 Å². The van der Waals surface area contributed by atoms with Crippen LogP contribution in [0, 0.1) is 0 Å². The maximum Gasteiger partial charge on any atom is 0.256 e. The number of nitrogens with zero attached hydrogens (tertiary/aromatic N) is 1. The molecule has 0 saturated carbocycles. The van der Waals surface area contributed by atoms with Gasteiger partial charge in [-0.3, -0.25) is 9.59 Å². The Kier molecular flexibility index (Phi) is 2.60. The fraction of sp³-hybridized carbons (Fsp3) is 0.231. The Morgan fingerprint density at radius 1 is 1.31 bits per heavy atom. The summed E-state index contributed by atoms with van der Waals surface area (Å²) in [5.41, 5.74) is 1.47. The number of anilines is 1. The van der Waals surface area contributed by atoms with Crippen molar-refractivity contribution in [1.29, 1.82) is 0 Å². The van der Waals surface area contributed by atoms with Crippen LogP contribution in [0.3, 0.4) is 0 Å². The van der Waals surface area contributed by atoms with Gasteiger partial charge in [0.05, 0.1) is 6.04 Å². The molecular weight excluding hydrogens is 202 g/mol. The summed E-state index contributed by atoms with van der Waals surface area (Å²) < 4.78 is 0. The standard InChI is InChI=1S/C13H13NO2/c1-9(15)8-12-10(2)14(13(12)16)11-6-4-3-5-7-11/h3-8,10H,1-2H3/b12-8+. The number of hydrogen-bond donors (Lipinski definition) is 0. The SMILES string of the molecule is CC(=O)/C=C1/C(=O)N(c2ccccc2)C1C. The van der Waals surface area contributed by atoms with Crippen LogP contribution >= 0.6 is 0 Å². The van der Waals surface area contributed by atoms with E-state index in [0.29, 0.717) is 5.57 Å². The molecule has 0 aromatic heterocycles. The van der Waals surface area contributed by atoms with Crippen LogP contribution in [-0.2, 0) is 9.59 Å². The van der Waals surface area contributed by atoms with Crippen molar-refractivity contribution in [2.45, 2.75) is 19.9 Å². The van der Waals surface area contributed by atoms with E-state index in [9.17, 15) is 9.59 Å². The number of ketones is 1. The van der Waals surface area contributed by atoms with E-state index in [0.717, 1.165) is 5.69 Å². The smallest absolute Gasteiger partial charge is 0.256 e. The van der Waals surface area contributed by atoms with E-state index in [4.69, 9.17) is 0 Å². The molecule has 16 heavy (non-hydrogen) atoms. The van der Waals surface area contributed by atoms with E-state index >= 15 is 0 Å². The summed E-state index contributed by atoms with van der Waals surface area (Å²) >= 11 is 0. The summed E-state index contributed by atoms with van der Waals surface area (Å²) in [4.78, 5) is 24.4. The molecule has 1 saturated heterocycles. The first-order valence-corrected chi connectivity index (χ1v) is 5.22. The largest absolute Gasteiger partial charge is 0.301 e. The Morgan fingerprint density at radius 2 is 1.94 bits per heavy atom. The predicted octanol–water partition coefficient (Wildman–Crippen LogP) is 1.94. The van der Waals surface area contributed by atoms with Gasteiger partial charge in [-0.2, -0.15) is 0 Å². The number of amides is 1. The molecule has 0 radical (unpaired) electrons. The fourth-order valence-electron chi connectivity index (χ4n) is 1.90. The van der Waals surface area contributed by atoms with Crippen molar-refractivity contribution in [3.8, 4) is 0 Å². The molecule has 3 nitrogen and oxygen atoms in total. The lowest BCUT2D eigenvalue weighted by atomic mass is 9.94. The molecule has 1 atom stereocenters. The molecule has 0 bridgehead atoms. The number of carbonyl (C=O) groups excluding carboxylic acids is 2. The van der Waals surface area contributed by atoms with Gasteiger partial charge in [0.2, 0.25) is 0 Å². The first kappa shape index (κ1) is 10.6. The third kappa shape index (κ3) is 1.65. The molecule has 1 heterocycles. The minimum Gasteiger partial charge on any atom is -0.301 e. The molecule has 1 unspecified atom stereocenters. The van der Waals surface area contributed by atoms with Crippen LogP contribution < -0.4 is 4.90 Å². The summed E-state index contributed by atoms with van der Waals surface area (Å²) in [6.45, 7) is 3.38. The zero-order valence-corrected chi connectivity index (χ0v) is 9.31. The Bertz CT molecular complexity index is 462. The van der Waals surface area contributed by atoms with Gasteiger partial charge in [0.25, 0.3) is 5.91 Å². The molecule has 1 aliphatic heterocycles. The van der Waals surface area contributed by atoms with E-state index in [1.165, 1.54) is 13.0 Å². The molecule has 3 heteroatoms. The van der Waals surface area contributed by atoms with E-state index in [2.05, 4.69) is 0 Å². The maximum absolute atomic E-state index is 11.8. The number of β-lactam (4-membered cyclic amide) rings is 1. The van der Waals surface area contributed by atoms with Gasteiger partial charge in [-0.25, -0.2) is 0 Å². The molecule has 1 aromatic carbocycles. The highest BCUT2D eigenvalue weighted by molar-refractivity contribution is 6.17. The highest BCUT2D eigenvalue weighted by Gasteiger charge is 2.39. The first-order valence-electron chi connectivity index (χ1n) is 5.22. The molecule has 0 aliphatic carbocycles. The molecule has 1 amide bonds. The second kappa shape index (κ2) is 3.93. The highest BCUT2D eigenvalue weighted by atomic mass is 16.2. The van der Waals surface area contributed by atoms with Gasteiger partial charge in [-0.05, 0) is 32.1 Å². The Morgan fingerprint density at radius 3 is 2.44 bits per heavy atom. The number of hydrogen-bond acceptors (Lipinski definition) is 2. The quantitative estimate of drug-likeness (QED) is 0.558. The van der Waals surface area contributed by atoms with Crippen molar-refractivity contribution in [1.82, 2.24) is 0 Å². The summed E-state index contributed by atoms with van der Waals surface area (Å²) in [6.07, 6.45) is 1.42. The van der Waals surface area contributed by atoms with Crippen LogP contribution in [0.1, 0.15) is 13.8 Å². The van der Waals surface area contributed by atoms with Crippen molar-refractivity contribution in [2.24, 2.45) is 0 Å². The molecule has 0 N–H and O–H groups in total. The lowest BCUT2D eigenvalue weighted by Crippen LogP contribution is -2.54. The van der Waals surface area contributed by atoms with Gasteiger partial charge in [0.1, 0.15) is 0 Å². The number of allylic oxidation sites excluding steroid dienone is 1. The highest BCUT2D eigenvalue weighted by Crippen LogP contribution is 2.31. The van der Waals surface area contributed by atoms with E-state index in [1.54, 1.807) is 4.90 Å². The number of para-hydroxylation sites is 1. The second-order valence-electron chi connectivity index (χ2n) is 3.90. The lowest BCUT2D eigenvalue weighted by molar-refractivity contribution is -0.119. The van der Waals surface area contributed by atoms with Crippen LogP contribution in [0.15, 0.2) is 42.0 Å². The average Bonchev–Trinajstić information content (AvgIpc) is 2.28. The van der Waals surface area contributed by atoms with Gasteiger partial charge in [-0.15, -0.1) is 0 Å². The van der Waals surface area contributed by atoms with Crippen molar-refractivity contribution >= 4 is 17.4 Å². The van der Waals surface area contributed by atoms with Gasteiger partial charge in [0, 0.05) is 11.3 Å². The Labute approximate surface area is 94.4 Å². The zero-order chi connectivity index (χ0) is 11.7. The van der Waals surface area contributed by atoms with Gasteiger partial charge < -0.3 is 4.90 Å². The van der Waals surface area contributed by atoms with Crippen molar-refractivity contribution in [3.05, 3.63) is 42.0 Å². The number of rotatable bonds is 2. The fourth-order valence-corrected chi connectivity index (χ4v) is 1.90. The predicted molar refractivity (Wildman–Crippen MR) is 62.2 cm³/mol. The number of carbonyl (C=O) groups is 2. The second-order valence-corrected chi connectivity index (χ2v) is 3.90. The van der Waals surface area contributed by atoms with Crippen molar-refractivity contribution < 1.29 is 9.59 Å². The summed E-state index contributed by atoms with van der Waals surface area (Å²) in [5.74, 6) is -0.156. The summed E-state index contributed by atoms with van der Waals surface area (Å²) in [6, 6.07) is 9.45. The molecule has 1 fully saturated rings. The van der Waals surface area contributed by atoms with Crippen LogP contribution in [-0.4, -0.2) is 17.7 Å². The molecule has 1 aromatic rings. The van der Waals surface area contributed by atoms with E-state index < -0.39 is 0 Å². The maximum atomic E-state index is 11.8. The van der Waals surface area contributed by atoms with Crippen molar-refractivity contribution in [2.75, 3.05) is 4.90 Å². The minimum absolute atomic E-state index is 0.0150. The third-order valence-electron chi connectivity index (χ3n) is 2.70. The van der Waals surface area contributed by atoms with Crippen LogP contribution in [0.2, 0.25) is 0 Å². The normalized spacial score (nSPS) is 22.1. The molecular formula is C13H13NO2. The summed E-state index contributed by atoms with van der Waals surface area (Å²) in [5, 5.41) is 0. The van der Waals surface area contributed by atoms with Crippen LogP contribution in [0.5, 0.6) is 0 Å². The van der Waals surface area contributed by atoms with Gasteiger partial charge in [0.15, 0.2) is 5.78 Å². The van der Waals surface area contributed by atoms with Gasteiger partial charge >= 0.3 is 0 Å². The molecule has 0 spiro atoms. The van der Waals surface area contributed by atoms with Gasteiger partial charge in [-0.1, -0.05) is 18.2 Å². The zero-order valence-electron chi connectivity index (χ0n) is 9.31. The van der Waals surface area contributed by atoms with Crippen LogP contribution in [0.25, 0.3) is 0 Å². The number of benzene rings is 1. The minimum atomic E-state index is -0.0806. The topological polar surface area (TPSA) is 37.4 Å². The van der Waals surface area contributed by atoms with Crippen LogP contribution in [0.4, 0.5) is 5.69 Å². The summed E-state index contributed by atoms with van der Waals surface area (Å²) in [7, 11) is 0. The average molecular weight is 215 g/mol. The first-order chi connectivity index (χ1) is 7.61. The molecule has 1 aliphatic rings.